The molecule has 180 valence electrons. The van der Waals surface area contributed by atoms with Gasteiger partial charge in [0.05, 0.1) is 44.3 Å². The van der Waals surface area contributed by atoms with E-state index in [9.17, 15) is 0 Å². The van der Waals surface area contributed by atoms with Gasteiger partial charge in [0.1, 0.15) is 18.2 Å². The zero-order chi connectivity index (χ0) is 24.3. The minimum absolute atomic E-state index is 0.331. The van der Waals surface area contributed by atoms with Crippen molar-refractivity contribution < 1.29 is 4.90 Å². The number of anilines is 1. The first-order chi connectivity index (χ1) is 17.8. The van der Waals surface area contributed by atoms with Gasteiger partial charge in [-0.05, 0) is 12.5 Å². The molecule has 6 nitrogen and oxygen atoms in total. The van der Waals surface area contributed by atoms with Crippen LogP contribution in [0.5, 0.6) is 0 Å². The maximum absolute atomic E-state index is 4.70. The third-order valence-electron chi connectivity index (χ3n) is 7.24. The van der Waals surface area contributed by atoms with Gasteiger partial charge in [-0.25, -0.2) is 14.6 Å². The molecule has 0 radical (unpaired) electrons. The van der Waals surface area contributed by atoms with Crippen LogP contribution < -0.4 is 9.80 Å². The number of piperazine rings is 1. The van der Waals surface area contributed by atoms with Crippen LogP contribution in [-0.4, -0.2) is 45.9 Å². The second-order valence-corrected chi connectivity index (χ2v) is 9.62. The fourth-order valence-corrected chi connectivity index (χ4v) is 5.36. The average molecular weight is 476 g/mol. The molecule has 1 aliphatic heterocycles. The maximum Gasteiger partial charge on any atom is 0.163 e. The average Bonchev–Trinajstić information content (AvgIpc) is 3.35. The van der Waals surface area contributed by atoms with Gasteiger partial charge in [0.2, 0.25) is 0 Å². The molecule has 0 unspecified atom stereocenters. The highest BCUT2D eigenvalue weighted by Gasteiger charge is 2.31. The van der Waals surface area contributed by atoms with E-state index in [1.807, 2.05) is 10.9 Å². The van der Waals surface area contributed by atoms with E-state index >= 15 is 0 Å². The van der Waals surface area contributed by atoms with Crippen molar-refractivity contribution in [2.24, 2.45) is 0 Å². The number of aryl methyl sites for hydroxylation is 1. The van der Waals surface area contributed by atoms with Crippen molar-refractivity contribution in [2.75, 3.05) is 31.1 Å². The zero-order valence-electron chi connectivity index (χ0n) is 20.6. The van der Waals surface area contributed by atoms with E-state index in [1.165, 1.54) is 22.3 Å². The first-order valence-electron chi connectivity index (χ1n) is 12.7. The number of rotatable bonds is 6. The molecule has 3 heterocycles. The quantitative estimate of drug-likeness (QED) is 0.407. The zero-order valence-corrected chi connectivity index (χ0v) is 20.6. The Labute approximate surface area is 211 Å². The molecule has 0 amide bonds. The van der Waals surface area contributed by atoms with Crippen molar-refractivity contribution in [2.45, 2.75) is 19.5 Å². The second-order valence-electron chi connectivity index (χ2n) is 9.62. The number of fused-ring (bicyclic) bond motifs is 1. The Morgan fingerprint density at radius 1 is 0.806 bits per heavy atom. The summed E-state index contributed by atoms with van der Waals surface area (Å²) in [6, 6.07) is 30.7. The molecule has 1 N–H and O–H groups in total. The number of nitrogens with one attached hydrogen (secondary N) is 1. The standard InChI is InChI=1S/C30H30N6/c1-23-12-14-24(15-13-23)21-36-30-27(20-33-36)29(31-22-32-30)35-18-16-34(17-19-35)28(25-8-4-2-5-9-25)26-10-6-3-7-11-26/h2-15,20,22,28H,16-19,21H2,1H3/p+1. The molecule has 2 aromatic heterocycles. The minimum atomic E-state index is 0.331. The van der Waals surface area contributed by atoms with Crippen molar-refractivity contribution in [3.63, 3.8) is 0 Å². The van der Waals surface area contributed by atoms with E-state index < -0.39 is 0 Å². The summed E-state index contributed by atoms with van der Waals surface area (Å²) < 4.78 is 1.98. The molecule has 5 aromatic rings. The first-order valence-corrected chi connectivity index (χ1v) is 12.7. The fourth-order valence-electron chi connectivity index (χ4n) is 5.36. The molecule has 6 heteroatoms. The number of nitrogens with zero attached hydrogens (tertiary/aromatic N) is 5. The molecule has 1 aliphatic rings. The second kappa shape index (κ2) is 9.91. The number of hydrogen-bond donors (Lipinski definition) is 1. The normalized spacial score (nSPS) is 14.6. The lowest BCUT2D eigenvalue weighted by atomic mass is 9.96. The van der Waals surface area contributed by atoms with Crippen molar-refractivity contribution in [1.29, 1.82) is 0 Å². The van der Waals surface area contributed by atoms with Crippen LogP contribution in [0.15, 0.2) is 97.5 Å². The minimum Gasteiger partial charge on any atom is -0.345 e. The summed E-state index contributed by atoms with van der Waals surface area (Å²) in [5.74, 6) is 0.991. The highest BCUT2D eigenvalue weighted by atomic mass is 15.3. The fraction of sp³-hybridized carbons (Fsp3) is 0.233. The van der Waals surface area contributed by atoms with Crippen LogP contribution in [0.1, 0.15) is 28.3 Å². The molecule has 6 rings (SSSR count). The molecular formula is C30H31N6+. The molecule has 36 heavy (non-hydrogen) atoms. The predicted molar refractivity (Wildman–Crippen MR) is 143 cm³/mol. The van der Waals surface area contributed by atoms with Gasteiger partial charge in [0, 0.05) is 11.1 Å². The van der Waals surface area contributed by atoms with Crippen molar-refractivity contribution in [3.05, 3.63) is 120 Å². The maximum atomic E-state index is 4.70. The van der Waals surface area contributed by atoms with Crippen LogP contribution in [0.3, 0.4) is 0 Å². The Kier molecular flexibility index (Phi) is 6.18. The molecule has 3 aromatic carbocycles. The summed E-state index contributed by atoms with van der Waals surface area (Å²) in [7, 11) is 0. The van der Waals surface area contributed by atoms with E-state index in [4.69, 9.17) is 4.98 Å². The third kappa shape index (κ3) is 4.48. The summed E-state index contributed by atoms with van der Waals surface area (Å²) >= 11 is 0. The van der Waals surface area contributed by atoms with Gasteiger partial charge in [0.25, 0.3) is 0 Å². The van der Waals surface area contributed by atoms with Gasteiger partial charge in [-0.1, -0.05) is 90.5 Å². The van der Waals surface area contributed by atoms with Gasteiger partial charge in [-0.2, -0.15) is 5.10 Å². The Hall–Kier alpha value is -4.03. The lowest BCUT2D eigenvalue weighted by Gasteiger charge is -2.37. The SMILES string of the molecule is Cc1ccc(Cn2ncc3c(N4CC[NH+](C(c5ccccc5)c5ccccc5)CC4)ncnc32)cc1. The summed E-state index contributed by atoms with van der Waals surface area (Å²) in [6.45, 7) is 6.78. The topological polar surface area (TPSA) is 51.3 Å². The molecule has 0 aliphatic carbocycles. The first kappa shape index (κ1) is 22.4. The van der Waals surface area contributed by atoms with Gasteiger partial charge in [-0.15, -0.1) is 0 Å². The Bertz CT molecular complexity index is 1380. The highest BCUT2D eigenvalue weighted by molar-refractivity contribution is 5.86. The molecular weight excluding hydrogens is 444 g/mol. The summed E-state index contributed by atoms with van der Waals surface area (Å²) in [5.41, 5.74) is 6.11. The van der Waals surface area contributed by atoms with E-state index in [2.05, 4.69) is 107 Å². The monoisotopic (exact) mass is 475 g/mol. The molecule has 0 spiro atoms. The van der Waals surface area contributed by atoms with Crippen LogP contribution in [0, 0.1) is 6.92 Å². The molecule has 1 saturated heterocycles. The largest absolute Gasteiger partial charge is 0.345 e. The smallest absolute Gasteiger partial charge is 0.163 e. The van der Waals surface area contributed by atoms with Crippen LogP contribution >= 0.6 is 0 Å². The number of benzene rings is 3. The Morgan fingerprint density at radius 2 is 1.44 bits per heavy atom. The molecule has 0 atom stereocenters. The molecule has 0 bridgehead atoms. The number of aromatic nitrogens is 4. The van der Waals surface area contributed by atoms with Crippen LogP contribution in [0.4, 0.5) is 5.82 Å². The summed E-state index contributed by atoms with van der Waals surface area (Å²) in [4.78, 5) is 13.3. The third-order valence-corrected chi connectivity index (χ3v) is 7.24. The van der Waals surface area contributed by atoms with E-state index in [0.29, 0.717) is 12.6 Å². The van der Waals surface area contributed by atoms with Gasteiger partial charge in [0.15, 0.2) is 5.65 Å². The molecule has 1 fully saturated rings. The van der Waals surface area contributed by atoms with Gasteiger partial charge in [-0.3, -0.25) is 0 Å². The van der Waals surface area contributed by atoms with Crippen molar-refractivity contribution in [3.8, 4) is 0 Å². The predicted octanol–water partition coefficient (Wildman–Crippen LogP) is 3.68. The van der Waals surface area contributed by atoms with E-state index in [-0.39, 0.29) is 0 Å². The van der Waals surface area contributed by atoms with Crippen LogP contribution in [0.25, 0.3) is 11.0 Å². The van der Waals surface area contributed by atoms with Crippen LogP contribution in [-0.2, 0) is 6.54 Å². The Balaban J connectivity index is 1.22. The summed E-state index contributed by atoms with van der Waals surface area (Å²) in [5, 5.41) is 5.70. The van der Waals surface area contributed by atoms with Crippen molar-refractivity contribution in [1.82, 2.24) is 19.7 Å². The number of quaternary nitrogens is 1. The van der Waals surface area contributed by atoms with E-state index in [0.717, 1.165) is 43.0 Å². The van der Waals surface area contributed by atoms with E-state index in [1.54, 1.807) is 11.2 Å². The lowest BCUT2D eigenvalue weighted by Crippen LogP contribution is -3.15. The lowest BCUT2D eigenvalue weighted by molar-refractivity contribution is -0.926. The highest BCUT2D eigenvalue weighted by Crippen LogP contribution is 2.24. The number of hydrogen-bond acceptors (Lipinski definition) is 4. The van der Waals surface area contributed by atoms with Crippen LogP contribution in [0.2, 0.25) is 0 Å². The van der Waals surface area contributed by atoms with Crippen molar-refractivity contribution >= 4 is 16.9 Å². The Morgan fingerprint density at radius 3 is 2.08 bits per heavy atom. The molecule has 0 saturated carbocycles. The summed E-state index contributed by atoms with van der Waals surface area (Å²) in [6.07, 6.45) is 3.61. The van der Waals surface area contributed by atoms with Gasteiger partial charge >= 0.3 is 0 Å². The van der Waals surface area contributed by atoms with Gasteiger partial charge < -0.3 is 9.80 Å².